The van der Waals surface area contributed by atoms with Gasteiger partial charge in [-0.15, -0.1) is 4.52 Å². The van der Waals surface area contributed by atoms with E-state index in [1.807, 2.05) is 19.9 Å². The molecule has 3 aromatic rings. The van der Waals surface area contributed by atoms with Crippen LogP contribution in [0.4, 0.5) is 0 Å². The number of aryl methyl sites for hydroxylation is 4. The third-order valence-electron chi connectivity index (χ3n) is 3.80. The smallest absolute Gasteiger partial charge is 0.263 e. The first-order valence-electron chi connectivity index (χ1n) is 7.58. The van der Waals surface area contributed by atoms with E-state index >= 15 is 0 Å². The molecule has 0 saturated heterocycles. The van der Waals surface area contributed by atoms with E-state index < -0.39 is 15.9 Å². The Labute approximate surface area is 145 Å². The molecule has 0 saturated carbocycles. The summed E-state index contributed by atoms with van der Waals surface area (Å²) in [6, 6.07) is 6.94. The first-order chi connectivity index (χ1) is 11.7. The number of aromatic amines is 1. The fourth-order valence-electron chi connectivity index (χ4n) is 2.75. The first kappa shape index (κ1) is 17.0. The molecule has 0 aliphatic rings. The predicted molar refractivity (Wildman–Crippen MR) is 89.6 cm³/mol. The zero-order valence-corrected chi connectivity index (χ0v) is 15.1. The van der Waals surface area contributed by atoms with Crippen molar-refractivity contribution in [3.05, 3.63) is 52.6 Å². The molecule has 9 heteroatoms. The molecule has 1 aromatic carbocycles. The van der Waals surface area contributed by atoms with Crippen LogP contribution in [0.5, 0.6) is 0 Å². The molecule has 0 fully saturated rings. The highest BCUT2D eigenvalue weighted by Crippen LogP contribution is 2.19. The van der Waals surface area contributed by atoms with Crippen molar-refractivity contribution in [2.24, 2.45) is 0 Å². The number of carbonyl (C=O) groups excluding carboxylic acids is 1. The summed E-state index contributed by atoms with van der Waals surface area (Å²) in [6.07, 6.45) is 0. The summed E-state index contributed by atoms with van der Waals surface area (Å²) in [6.45, 7) is 7.00. The molecule has 8 nitrogen and oxygen atoms in total. The molecule has 0 spiro atoms. The third kappa shape index (κ3) is 3.10. The van der Waals surface area contributed by atoms with Gasteiger partial charge >= 0.3 is 17.5 Å². The van der Waals surface area contributed by atoms with Crippen molar-refractivity contribution in [2.45, 2.75) is 32.6 Å². The molecular formula is C16H18N5O3S+. The van der Waals surface area contributed by atoms with Gasteiger partial charge < -0.3 is 0 Å². The highest BCUT2D eigenvalue weighted by molar-refractivity contribution is 7.90. The summed E-state index contributed by atoms with van der Waals surface area (Å²) in [5, 5.41) is 2.76. The maximum atomic E-state index is 12.6. The Balaban J connectivity index is 1.98. The molecule has 0 atom stereocenters. The van der Waals surface area contributed by atoms with Crippen molar-refractivity contribution >= 4 is 21.7 Å². The topological polar surface area (TPSA) is 109 Å². The van der Waals surface area contributed by atoms with E-state index in [4.69, 9.17) is 0 Å². The maximum absolute atomic E-state index is 12.6. The minimum absolute atomic E-state index is 0.0947. The maximum Gasteiger partial charge on any atom is 0.457 e. The number of hydrogen-bond acceptors (Lipinski definition) is 5. The van der Waals surface area contributed by atoms with Crippen LogP contribution in [0.25, 0.3) is 5.78 Å². The summed E-state index contributed by atoms with van der Waals surface area (Å²) in [4.78, 5) is 20.8. The second-order valence-corrected chi connectivity index (χ2v) is 7.52. The van der Waals surface area contributed by atoms with Crippen LogP contribution in [0.3, 0.4) is 0 Å². The van der Waals surface area contributed by atoms with Gasteiger partial charge in [-0.2, -0.15) is 0 Å². The van der Waals surface area contributed by atoms with E-state index in [0.717, 1.165) is 11.4 Å². The average molecular weight is 360 g/mol. The quantitative estimate of drug-likeness (QED) is 0.675. The van der Waals surface area contributed by atoms with Crippen LogP contribution in [0.1, 0.15) is 33.1 Å². The van der Waals surface area contributed by atoms with Crippen LogP contribution >= 0.6 is 0 Å². The number of amides is 1. The molecule has 2 aromatic heterocycles. The minimum Gasteiger partial charge on any atom is -0.263 e. The lowest BCUT2D eigenvalue weighted by atomic mass is 10.2. The van der Waals surface area contributed by atoms with Gasteiger partial charge in [0.05, 0.1) is 4.90 Å². The van der Waals surface area contributed by atoms with Gasteiger partial charge in [-0.3, -0.25) is 4.79 Å². The van der Waals surface area contributed by atoms with E-state index in [9.17, 15) is 13.2 Å². The first-order valence-corrected chi connectivity index (χ1v) is 9.07. The van der Waals surface area contributed by atoms with Crippen molar-refractivity contribution < 1.29 is 17.7 Å². The lowest BCUT2D eigenvalue weighted by Crippen LogP contribution is -2.34. The number of hydrogen-bond donors (Lipinski definition) is 2. The molecule has 0 bridgehead atoms. The van der Waals surface area contributed by atoms with E-state index in [0.29, 0.717) is 16.9 Å². The standard InChI is InChI=1S/C16H17N5O3S/c1-9-6-5-7-10(2)13(9)25(23,24)20-15(22)14-18-16-17-11(3)8-12(4)21(16)19-14/h5-8H,1-4H3,(H,20,22)/p+1. The molecular weight excluding hydrogens is 342 g/mol. The van der Waals surface area contributed by atoms with Gasteiger partial charge in [0.2, 0.25) is 0 Å². The SMILES string of the molecule is Cc1cc(C)[n+]2[nH]c(C(=O)NS(=O)(=O)c3c(C)cccc3C)nc2n1. The van der Waals surface area contributed by atoms with Crippen LogP contribution < -0.4 is 9.24 Å². The Kier molecular flexibility index (Phi) is 4.03. The van der Waals surface area contributed by atoms with Gasteiger partial charge in [0.1, 0.15) is 11.4 Å². The van der Waals surface area contributed by atoms with Crippen molar-refractivity contribution in [1.29, 1.82) is 0 Å². The fourth-order valence-corrected chi connectivity index (χ4v) is 4.18. The summed E-state index contributed by atoms with van der Waals surface area (Å²) < 4.78 is 28.8. The Morgan fingerprint density at radius 1 is 1.12 bits per heavy atom. The molecule has 2 N–H and O–H groups in total. The lowest BCUT2D eigenvalue weighted by Gasteiger charge is -2.10. The number of rotatable bonds is 3. The molecule has 1 amide bonds. The molecule has 25 heavy (non-hydrogen) atoms. The van der Waals surface area contributed by atoms with E-state index in [1.54, 1.807) is 32.0 Å². The molecule has 3 rings (SSSR count). The Morgan fingerprint density at radius 2 is 1.76 bits per heavy atom. The summed E-state index contributed by atoms with van der Waals surface area (Å²) in [5.74, 6) is -0.673. The molecule has 2 heterocycles. The second-order valence-electron chi connectivity index (χ2n) is 5.90. The van der Waals surface area contributed by atoms with Gasteiger partial charge in [-0.1, -0.05) is 23.2 Å². The normalized spacial score (nSPS) is 11.7. The summed E-state index contributed by atoms with van der Waals surface area (Å²) in [5.41, 5.74) is 2.67. The van der Waals surface area contributed by atoms with Crippen molar-refractivity contribution in [3.8, 4) is 0 Å². The molecule has 0 aliphatic heterocycles. The van der Waals surface area contributed by atoms with Gasteiger partial charge in [0.15, 0.2) is 0 Å². The molecule has 0 radical (unpaired) electrons. The van der Waals surface area contributed by atoms with Gasteiger partial charge in [0, 0.05) is 6.07 Å². The Bertz CT molecular complexity index is 1080. The monoisotopic (exact) mass is 360 g/mol. The van der Waals surface area contributed by atoms with Crippen molar-refractivity contribution in [3.63, 3.8) is 0 Å². The minimum atomic E-state index is -4.01. The Hall–Kier alpha value is -2.81. The Morgan fingerprint density at radius 3 is 2.40 bits per heavy atom. The van der Waals surface area contributed by atoms with Crippen LogP contribution in [-0.4, -0.2) is 29.4 Å². The predicted octanol–water partition coefficient (Wildman–Crippen LogP) is 0.896. The van der Waals surface area contributed by atoms with Gasteiger partial charge in [0.25, 0.3) is 10.0 Å². The fraction of sp³-hybridized carbons (Fsp3) is 0.250. The number of H-pyrrole nitrogens is 1. The highest BCUT2D eigenvalue weighted by atomic mass is 32.2. The number of aromatic nitrogens is 4. The van der Waals surface area contributed by atoms with E-state index in [-0.39, 0.29) is 10.7 Å². The number of benzene rings is 1. The number of nitrogens with one attached hydrogen (secondary N) is 2. The largest absolute Gasteiger partial charge is 0.457 e. The summed E-state index contributed by atoms with van der Waals surface area (Å²) in [7, 11) is -4.01. The van der Waals surface area contributed by atoms with Crippen molar-refractivity contribution in [2.75, 3.05) is 0 Å². The van der Waals surface area contributed by atoms with E-state index in [1.165, 1.54) is 4.52 Å². The van der Waals surface area contributed by atoms with Crippen LogP contribution in [0.2, 0.25) is 0 Å². The zero-order chi connectivity index (χ0) is 18.4. The van der Waals surface area contributed by atoms with Crippen LogP contribution in [0.15, 0.2) is 29.2 Å². The lowest BCUT2D eigenvalue weighted by molar-refractivity contribution is -0.587. The highest BCUT2D eigenvalue weighted by Gasteiger charge is 2.27. The number of fused-ring (bicyclic) bond motifs is 1. The number of carbonyl (C=O) groups is 1. The number of nitrogens with zero attached hydrogens (tertiary/aromatic N) is 3. The molecule has 0 unspecified atom stereocenters. The van der Waals surface area contributed by atoms with Crippen LogP contribution in [-0.2, 0) is 10.0 Å². The van der Waals surface area contributed by atoms with Crippen molar-refractivity contribution in [1.82, 2.24) is 19.8 Å². The molecule has 0 aliphatic carbocycles. The van der Waals surface area contributed by atoms with E-state index in [2.05, 4.69) is 19.8 Å². The number of sulfonamides is 1. The van der Waals surface area contributed by atoms with Gasteiger partial charge in [-0.25, -0.2) is 18.2 Å². The average Bonchev–Trinajstić information content (AvgIpc) is 2.90. The summed E-state index contributed by atoms with van der Waals surface area (Å²) >= 11 is 0. The third-order valence-corrected chi connectivity index (χ3v) is 5.43. The molecule has 130 valence electrons. The van der Waals surface area contributed by atoms with Crippen LogP contribution in [0, 0.1) is 27.7 Å². The second kappa shape index (κ2) is 5.92. The zero-order valence-electron chi connectivity index (χ0n) is 14.3. The van der Waals surface area contributed by atoms with Gasteiger partial charge in [-0.05, 0) is 43.8 Å².